The molecule has 0 aliphatic heterocycles. The van der Waals surface area contributed by atoms with Crippen LogP contribution < -0.4 is 11.5 Å². The number of hydrogen-bond acceptors (Lipinski definition) is 3. The lowest BCUT2D eigenvalue weighted by Gasteiger charge is -2.16. The molecule has 1 aromatic heterocycles. The van der Waals surface area contributed by atoms with Crippen molar-refractivity contribution in [3.63, 3.8) is 0 Å². The van der Waals surface area contributed by atoms with Gasteiger partial charge in [0.15, 0.2) is 0 Å². The van der Waals surface area contributed by atoms with E-state index >= 15 is 0 Å². The minimum atomic E-state index is -4.48. The summed E-state index contributed by atoms with van der Waals surface area (Å²) in [4.78, 5) is 3.56. The summed E-state index contributed by atoms with van der Waals surface area (Å²) in [6, 6.07) is -0.886. The Morgan fingerprint density at radius 3 is 2.46 bits per heavy atom. The van der Waals surface area contributed by atoms with E-state index in [-0.39, 0.29) is 11.3 Å². The van der Waals surface area contributed by atoms with Gasteiger partial charge in [-0.2, -0.15) is 13.2 Å². The molecule has 0 saturated carbocycles. The molecule has 1 aromatic rings. The topological polar surface area (TPSA) is 64.9 Å². The number of pyridine rings is 1. The van der Waals surface area contributed by atoms with Crippen LogP contribution in [0.3, 0.4) is 0 Å². The summed E-state index contributed by atoms with van der Waals surface area (Å²) in [6.45, 7) is 0. The van der Waals surface area contributed by atoms with Gasteiger partial charge in [0.2, 0.25) is 0 Å². The molecule has 0 aromatic carbocycles. The minimum absolute atomic E-state index is 0.0488. The largest absolute Gasteiger partial charge is 0.407 e. The molecule has 1 unspecified atom stereocenters. The van der Waals surface area contributed by atoms with E-state index in [1.54, 1.807) is 0 Å². The fourth-order valence-corrected chi connectivity index (χ4v) is 0.877. The second-order valence-corrected chi connectivity index (χ2v) is 2.52. The Bertz CT molecular complexity index is 297. The molecule has 1 rings (SSSR count). The first kappa shape index (κ1) is 9.79. The molecule has 0 bridgehead atoms. The fourth-order valence-electron chi connectivity index (χ4n) is 0.877. The van der Waals surface area contributed by atoms with Gasteiger partial charge in [0.05, 0.1) is 11.9 Å². The summed E-state index contributed by atoms with van der Waals surface area (Å²) in [5, 5.41) is 0. The van der Waals surface area contributed by atoms with Crippen molar-refractivity contribution >= 4 is 5.69 Å². The number of nitrogens with zero attached hydrogens (tertiary/aromatic N) is 1. The Kier molecular flexibility index (Phi) is 2.42. The third-order valence-electron chi connectivity index (χ3n) is 1.57. The Hall–Kier alpha value is -1.30. The number of nitrogen functional groups attached to an aromatic ring is 1. The van der Waals surface area contributed by atoms with Gasteiger partial charge >= 0.3 is 6.18 Å². The van der Waals surface area contributed by atoms with Crippen molar-refractivity contribution in [3.8, 4) is 0 Å². The number of rotatable bonds is 1. The molecule has 0 aliphatic rings. The first-order valence-corrected chi connectivity index (χ1v) is 3.44. The van der Waals surface area contributed by atoms with Gasteiger partial charge in [0, 0.05) is 11.8 Å². The van der Waals surface area contributed by atoms with Crippen LogP contribution in [0, 0.1) is 0 Å². The van der Waals surface area contributed by atoms with E-state index in [9.17, 15) is 13.2 Å². The van der Waals surface area contributed by atoms with Crippen LogP contribution in [0.25, 0.3) is 0 Å². The van der Waals surface area contributed by atoms with Crippen LogP contribution in [0.15, 0.2) is 18.5 Å². The average Bonchev–Trinajstić information content (AvgIpc) is 2.02. The molecule has 13 heavy (non-hydrogen) atoms. The average molecular weight is 191 g/mol. The van der Waals surface area contributed by atoms with E-state index in [4.69, 9.17) is 11.5 Å². The molecule has 0 aliphatic carbocycles. The highest BCUT2D eigenvalue weighted by Crippen LogP contribution is 2.32. The first-order valence-electron chi connectivity index (χ1n) is 3.44. The zero-order valence-corrected chi connectivity index (χ0v) is 6.55. The molecule has 3 nitrogen and oxygen atoms in total. The maximum Gasteiger partial charge on any atom is 0.407 e. The zero-order chi connectivity index (χ0) is 10.1. The summed E-state index contributed by atoms with van der Waals surface area (Å²) in [5.41, 5.74) is 10.0. The van der Waals surface area contributed by atoms with Crippen LogP contribution >= 0.6 is 0 Å². The molecule has 0 saturated heterocycles. The molecule has 6 heteroatoms. The van der Waals surface area contributed by atoms with Gasteiger partial charge in [0.25, 0.3) is 0 Å². The normalized spacial score (nSPS) is 14.2. The third-order valence-corrected chi connectivity index (χ3v) is 1.57. The van der Waals surface area contributed by atoms with E-state index in [0.29, 0.717) is 0 Å². The molecule has 0 amide bonds. The molecule has 72 valence electrons. The van der Waals surface area contributed by atoms with Gasteiger partial charge in [-0.05, 0) is 6.07 Å². The number of nitrogens with two attached hydrogens (primary N) is 2. The van der Waals surface area contributed by atoms with Crippen LogP contribution in [-0.2, 0) is 0 Å². The summed E-state index contributed by atoms with van der Waals surface area (Å²) in [5.74, 6) is 0. The van der Waals surface area contributed by atoms with E-state index in [0.717, 1.165) is 12.3 Å². The van der Waals surface area contributed by atoms with E-state index in [2.05, 4.69) is 4.98 Å². The number of hydrogen-bond donors (Lipinski definition) is 2. The van der Waals surface area contributed by atoms with Gasteiger partial charge in [-0.25, -0.2) is 0 Å². The minimum Gasteiger partial charge on any atom is -0.397 e. The van der Waals surface area contributed by atoms with E-state index < -0.39 is 12.2 Å². The van der Waals surface area contributed by atoms with Crippen molar-refractivity contribution in [1.82, 2.24) is 4.98 Å². The monoisotopic (exact) mass is 191 g/mol. The second kappa shape index (κ2) is 3.21. The SMILES string of the molecule is Nc1cnccc1C(N)C(F)(F)F. The van der Waals surface area contributed by atoms with Crippen LogP contribution in [0.5, 0.6) is 0 Å². The van der Waals surface area contributed by atoms with Crippen molar-refractivity contribution in [2.24, 2.45) is 5.73 Å². The molecule has 1 atom stereocenters. The standard InChI is InChI=1S/C7H8F3N3/c8-7(9,10)6(12)4-1-2-13-3-5(4)11/h1-3,6H,11-12H2. The lowest BCUT2D eigenvalue weighted by Crippen LogP contribution is -2.29. The molecule has 0 radical (unpaired) electrons. The smallest absolute Gasteiger partial charge is 0.397 e. The van der Waals surface area contributed by atoms with Gasteiger partial charge in [-0.3, -0.25) is 4.98 Å². The van der Waals surface area contributed by atoms with Gasteiger partial charge in [-0.1, -0.05) is 0 Å². The van der Waals surface area contributed by atoms with Gasteiger partial charge in [-0.15, -0.1) is 0 Å². The Morgan fingerprint density at radius 2 is 2.00 bits per heavy atom. The predicted molar refractivity (Wildman–Crippen MR) is 41.6 cm³/mol. The Balaban J connectivity index is 3.02. The number of alkyl halides is 3. The Morgan fingerprint density at radius 1 is 1.38 bits per heavy atom. The van der Waals surface area contributed by atoms with Crippen molar-refractivity contribution in [2.75, 3.05) is 5.73 Å². The number of halogens is 3. The molecular weight excluding hydrogens is 183 g/mol. The highest BCUT2D eigenvalue weighted by atomic mass is 19.4. The highest BCUT2D eigenvalue weighted by molar-refractivity contribution is 5.46. The quantitative estimate of drug-likeness (QED) is 0.701. The summed E-state index contributed by atoms with van der Waals surface area (Å²) < 4.78 is 36.3. The van der Waals surface area contributed by atoms with Crippen LogP contribution in [0.2, 0.25) is 0 Å². The van der Waals surface area contributed by atoms with Crippen molar-refractivity contribution < 1.29 is 13.2 Å². The molecule has 4 N–H and O–H groups in total. The maximum atomic E-state index is 12.1. The summed E-state index contributed by atoms with van der Waals surface area (Å²) >= 11 is 0. The summed E-state index contributed by atoms with van der Waals surface area (Å²) in [7, 11) is 0. The fraction of sp³-hybridized carbons (Fsp3) is 0.286. The lowest BCUT2D eigenvalue weighted by molar-refractivity contribution is -0.149. The van der Waals surface area contributed by atoms with Crippen molar-refractivity contribution in [2.45, 2.75) is 12.2 Å². The predicted octanol–water partition coefficient (Wildman–Crippen LogP) is 1.23. The van der Waals surface area contributed by atoms with Crippen LogP contribution in [-0.4, -0.2) is 11.2 Å². The van der Waals surface area contributed by atoms with E-state index in [1.807, 2.05) is 0 Å². The second-order valence-electron chi connectivity index (χ2n) is 2.52. The number of aromatic nitrogens is 1. The van der Waals surface area contributed by atoms with E-state index in [1.165, 1.54) is 6.20 Å². The maximum absolute atomic E-state index is 12.1. The van der Waals surface area contributed by atoms with Crippen molar-refractivity contribution in [3.05, 3.63) is 24.0 Å². The van der Waals surface area contributed by atoms with Gasteiger partial charge < -0.3 is 11.5 Å². The highest BCUT2D eigenvalue weighted by Gasteiger charge is 2.38. The Labute approximate surface area is 72.6 Å². The van der Waals surface area contributed by atoms with Crippen LogP contribution in [0.4, 0.5) is 18.9 Å². The molecule has 1 heterocycles. The third kappa shape index (κ3) is 2.09. The lowest BCUT2D eigenvalue weighted by atomic mass is 10.1. The number of anilines is 1. The van der Waals surface area contributed by atoms with Crippen LogP contribution in [0.1, 0.15) is 11.6 Å². The molecule has 0 spiro atoms. The first-order chi connectivity index (χ1) is 5.93. The van der Waals surface area contributed by atoms with Gasteiger partial charge in [0.1, 0.15) is 6.04 Å². The summed E-state index contributed by atoms with van der Waals surface area (Å²) in [6.07, 6.45) is -2.12. The molecular formula is C7H8F3N3. The van der Waals surface area contributed by atoms with Crippen molar-refractivity contribution in [1.29, 1.82) is 0 Å². The molecule has 0 fully saturated rings. The zero-order valence-electron chi connectivity index (χ0n) is 6.55.